The molecule has 1 N–H and O–H groups in total. The van der Waals surface area contributed by atoms with Gasteiger partial charge in [-0.25, -0.2) is 8.78 Å². The van der Waals surface area contributed by atoms with Crippen LogP contribution in [0.4, 0.5) is 8.78 Å². The van der Waals surface area contributed by atoms with E-state index < -0.39 is 12.7 Å². The number of alkyl halides is 2. The van der Waals surface area contributed by atoms with E-state index in [-0.39, 0.29) is 29.6 Å². The summed E-state index contributed by atoms with van der Waals surface area (Å²) in [5.41, 5.74) is 1.29. The van der Waals surface area contributed by atoms with E-state index in [4.69, 9.17) is 18.6 Å². The molecule has 3 heterocycles. The predicted molar refractivity (Wildman–Crippen MR) is 89.4 cm³/mol. The molecule has 9 heteroatoms. The molecule has 2 aromatic heterocycles. The van der Waals surface area contributed by atoms with Crippen molar-refractivity contribution in [1.82, 2.24) is 9.78 Å². The van der Waals surface area contributed by atoms with E-state index in [1.807, 2.05) is 6.20 Å². The maximum absolute atomic E-state index is 13.8. The lowest BCUT2D eigenvalue weighted by molar-refractivity contribution is -0.112. The van der Waals surface area contributed by atoms with Crippen molar-refractivity contribution in [2.24, 2.45) is 0 Å². The zero-order chi connectivity index (χ0) is 19.0. The number of aryl methyl sites for hydroxylation is 2. The molecule has 0 radical (unpaired) electrons. The maximum atomic E-state index is 13.8. The van der Waals surface area contributed by atoms with Crippen LogP contribution in [-0.4, -0.2) is 47.4 Å². The zero-order valence-corrected chi connectivity index (χ0v) is 15.0. The normalized spacial score (nSPS) is 20.6. The smallest absolute Gasteiger partial charge is 0.268 e. The summed E-state index contributed by atoms with van der Waals surface area (Å²) in [6.45, 7) is 3.93. The van der Waals surface area contributed by atoms with Gasteiger partial charge in [0.1, 0.15) is 11.9 Å². The van der Waals surface area contributed by atoms with E-state index in [0.717, 1.165) is 5.56 Å². The van der Waals surface area contributed by atoms with Crippen LogP contribution in [0.5, 0.6) is 0 Å². The zero-order valence-electron chi connectivity index (χ0n) is 15.0. The first-order chi connectivity index (χ1) is 13.1. The molecule has 0 spiro atoms. The lowest BCUT2D eigenvalue weighted by Gasteiger charge is -2.22. The number of hydrogen-bond donors (Lipinski definition) is 1. The Morgan fingerprint density at radius 2 is 2.22 bits per heavy atom. The number of hydrogen-bond acceptors (Lipinski definition) is 6. The molecular formula is C18H22F2N2O5. The number of fused-ring (bicyclic) bond motifs is 3. The SMILES string of the molecule is CCOC(O)c1oc2c(c1C(F)F)-c1nn(C[C@H]3COCCO3)cc1CC2. The van der Waals surface area contributed by atoms with Crippen LogP contribution in [0.3, 0.4) is 0 Å². The minimum atomic E-state index is -2.81. The highest BCUT2D eigenvalue weighted by atomic mass is 19.3. The van der Waals surface area contributed by atoms with Crippen LogP contribution in [-0.2, 0) is 33.6 Å². The molecule has 27 heavy (non-hydrogen) atoms. The second kappa shape index (κ2) is 7.67. The van der Waals surface area contributed by atoms with Crippen LogP contribution < -0.4 is 0 Å². The first-order valence-corrected chi connectivity index (χ1v) is 9.07. The molecule has 1 fully saturated rings. The number of ether oxygens (including phenoxy) is 3. The minimum absolute atomic E-state index is 0.117. The van der Waals surface area contributed by atoms with Crippen LogP contribution in [0.2, 0.25) is 0 Å². The van der Waals surface area contributed by atoms with Gasteiger partial charge in [-0.15, -0.1) is 0 Å². The van der Waals surface area contributed by atoms with Crippen molar-refractivity contribution in [2.45, 2.75) is 45.1 Å². The fourth-order valence-electron chi connectivity index (χ4n) is 3.63. The van der Waals surface area contributed by atoms with Gasteiger partial charge in [-0.05, 0) is 18.9 Å². The Morgan fingerprint density at radius 3 is 2.93 bits per heavy atom. The first kappa shape index (κ1) is 18.5. The Labute approximate surface area is 154 Å². The number of aromatic nitrogens is 2. The minimum Gasteiger partial charge on any atom is -0.459 e. The maximum Gasteiger partial charge on any atom is 0.268 e. The molecule has 1 unspecified atom stereocenters. The Kier molecular flexibility index (Phi) is 5.27. The number of aliphatic hydroxyl groups excluding tert-OH is 1. The standard InChI is InChI=1S/C18H22F2N2O5/c1-2-25-18(23)16-14(17(19)20)13-12(27-16)4-3-10-7-22(21-15(10)13)8-11-9-24-5-6-26-11/h7,11,17-18,23H,2-6,8-9H2,1H3/t11-,18?/m0/s1. The second-order valence-corrected chi connectivity index (χ2v) is 6.58. The van der Waals surface area contributed by atoms with Crippen molar-refractivity contribution >= 4 is 0 Å². The van der Waals surface area contributed by atoms with Crippen molar-refractivity contribution in [1.29, 1.82) is 0 Å². The number of nitrogens with zero attached hydrogens (tertiary/aromatic N) is 2. The van der Waals surface area contributed by atoms with Gasteiger partial charge in [0.15, 0.2) is 5.76 Å². The highest BCUT2D eigenvalue weighted by Gasteiger charge is 2.35. The molecule has 0 bridgehead atoms. The molecule has 1 saturated heterocycles. The third kappa shape index (κ3) is 3.52. The summed E-state index contributed by atoms with van der Waals surface area (Å²) in [6, 6.07) is 0. The summed E-state index contributed by atoms with van der Waals surface area (Å²) in [7, 11) is 0. The number of furan rings is 1. The number of halogens is 2. The highest BCUT2D eigenvalue weighted by molar-refractivity contribution is 5.72. The van der Waals surface area contributed by atoms with Gasteiger partial charge in [0.05, 0.1) is 43.2 Å². The lowest BCUT2D eigenvalue weighted by atomic mass is 9.93. The molecule has 1 aliphatic carbocycles. The number of rotatable bonds is 6. The third-order valence-corrected chi connectivity index (χ3v) is 4.79. The van der Waals surface area contributed by atoms with Gasteiger partial charge >= 0.3 is 0 Å². The average Bonchev–Trinajstić information content (AvgIpc) is 3.23. The van der Waals surface area contributed by atoms with Crippen molar-refractivity contribution in [3.63, 3.8) is 0 Å². The second-order valence-electron chi connectivity index (χ2n) is 6.58. The lowest BCUT2D eigenvalue weighted by Crippen LogP contribution is -2.32. The van der Waals surface area contributed by atoms with Crippen LogP contribution in [0.15, 0.2) is 10.6 Å². The highest BCUT2D eigenvalue weighted by Crippen LogP contribution is 2.44. The summed E-state index contributed by atoms with van der Waals surface area (Å²) in [4.78, 5) is 0. The van der Waals surface area contributed by atoms with Crippen LogP contribution in [0, 0.1) is 0 Å². The number of aliphatic hydroxyl groups is 1. The summed E-state index contributed by atoms with van der Waals surface area (Å²) in [5.74, 6) is 0.178. The molecule has 148 valence electrons. The van der Waals surface area contributed by atoms with Crippen molar-refractivity contribution in [2.75, 3.05) is 26.4 Å². The molecule has 7 nitrogen and oxygen atoms in total. The quantitative estimate of drug-likeness (QED) is 0.772. The van der Waals surface area contributed by atoms with Crippen molar-refractivity contribution < 1.29 is 32.5 Å². The van der Waals surface area contributed by atoms with E-state index >= 15 is 0 Å². The monoisotopic (exact) mass is 384 g/mol. The molecule has 0 amide bonds. The molecular weight excluding hydrogens is 362 g/mol. The summed E-state index contributed by atoms with van der Waals surface area (Å²) in [6.07, 6.45) is -1.50. The molecule has 1 aliphatic heterocycles. The molecule has 0 aromatic carbocycles. The molecule has 2 aliphatic rings. The Morgan fingerprint density at radius 1 is 1.37 bits per heavy atom. The van der Waals surface area contributed by atoms with Crippen LogP contribution in [0.1, 0.15) is 42.3 Å². The van der Waals surface area contributed by atoms with Gasteiger partial charge < -0.3 is 23.7 Å². The molecule has 2 aromatic rings. The van der Waals surface area contributed by atoms with Gasteiger partial charge in [-0.1, -0.05) is 0 Å². The van der Waals surface area contributed by atoms with Gasteiger partial charge in [0.2, 0.25) is 6.29 Å². The van der Waals surface area contributed by atoms with Crippen LogP contribution >= 0.6 is 0 Å². The fourth-order valence-corrected chi connectivity index (χ4v) is 3.63. The summed E-state index contributed by atoms with van der Waals surface area (Å²) in [5, 5.41) is 14.6. The average molecular weight is 384 g/mol. The van der Waals surface area contributed by atoms with Gasteiger partial charge in [-0.3, -0.25) is 4.68 Å². The Balaban J connectivity index is 1.69. The van der Waals surface area contributed by atoms with E-state index in [9.17, 15) is 13.9 Å². The van der Waals surface area contributed by atoms with Crippen molar-refractivity contribution in [3.05, 3.63) is 28.8 Å². The Hall–Kier alpha value is -1.81. The van der Waals surface area contributed by atoms with Gasteiger partial charge in [0, 0.05) is 19.2 Å². The fraction of sp³-hybridized carbons (Fsp3) is 0.611. The third-order valence-electron chi connectivity index (χ3n) is 4.79. The molecule has 4 rings (SSSR count). The molecule has 0 saturated carbocycles. The largest absolute Gasteiger partial charge is 0.459 e. The molecule has 2 atom stereocenters. The Bertz CT molecular complexity index is 798. The van der Waals surface area contributed by atoms with Crippen LogP contribution in [0.25, 0.3) is 11.3 Å². The summed E-state index contributed by atoms with van der Waals surface area (Å²) < 4.78 is 51.0. The van der Waals surface area contributed by atoms with E-state index in [1.165, 1.54) is 0 Å². The predicted octanol–water partition coefficient (Wildman–Crippen LogP) is 2.62. The van der Waals surface area contributed by atoms with Gasteiger partial charge in [-0.2, -0.15) is 5.10 Å². The first-order valence-electron chi connectivity index (χ1n) is 9.07. The van der Waals surface area contributed by atoms with E-state index in [0.29, 0.717) is 50.7 Å². The topological polar surface area (TPSA) is 78.9 Å². The van der Waals surface area contributed by atoms with Crippen molar-refractivity contribution in [3.8, 4) is 11.3 Å². The van der Waals surface area contributed by atoms with E-state index in [1.54, 1.807) is 11.6 Å². The van der Waals surface area contributed by atoms with E-state index in [2.05, 4.69) is 5.10 Å². The van der Waals surface area contributed by atoms with Gasteiger partial charge in [0.25, 0.3) is 6.43 Å². The summed E-state index contributed by atoms with van der Waals surface area (Å²) >= 11 is 0.